The van der Waals surface area contributed by atoms with Gasteiger partial charge in [-0.2, -0.15) is 0 Å². The van der Waals surface area contributed by atoms with Crippen molar-refractivity contribution in [1.82, 2.24) is 9.97 Å². The third-order valence-electron chi connectivity index (χ3n) is 1.84. The van der Waals surface area contributed by atoms with E-state index in [1.807, 2.05) is 5.32 Å². The maximum absolute atomic E-state index is 12.8. The standard InChI is InChI=1S/C9H6FN3O3/c10-4-1-6-5(11-3-4)2-7(14)8(12-6)13-9(15)16/h1-3,14H,(H,12,13)(H,15,16). The van der Waals surface area contributed by atoms with Gasteiger partial charge in [0, 0.05) is 12.1 Å². The summed E-state index contributed by atoms with van der Waals surface area (Å²) in [5, 5.41) is 19.8. The fraction of sp³-hybridized carbons (Fsp3) is 0. The number of hydrogen-bond acceptors (Lipinski definition) is 4. The van der Waals surface area contributed by atoms with Crippen LogP contribution in [0.5, 0.6) is 5.75 Å². The molecule has 0 aliphatic heterocycles. The van der Waals surface area contributed by atoms with Crippen LogP contribution in [-0.4, -0.2) is 26.3 Å². The Hall–Kier alpha value is -2.44. The Morgan fingerprint density at radius 1 is 1.38 bits per heavy atom. The largest absolute Gasteiger partial charge is 0.504 e. The molecule has 1 amide bonds. The number of pyridine rings is 2. The molecule has 2 rings (SSSR count). The third kappa shape index (κ3) is 1.83. The third-order valence-corrected chi connectivity index (χ3v) is 1.84. The van der Waals surface area contributed by atoms with Crippen LogP contribution >= 0.6 is 0 Å². The van der Waals surface area contributed by atoms with E-state index in [0.29, 0.717) is 0 Å². The highest BCUT2D eigenvalue weighted by molar-refractivity contribution is 5.87. The van der Waals surface area contributed by atoms with Crippen LogP contribution in [0.2, 0.25) is 0 Å². The molecule has 0 aliphatic carbocycles. The molecule has 16 heavy (non-hydrogen) atoms. The van der Waals surface area contributed by atoms with E-state index in [1.165, 1.54) is 6.07 Å². The first-order valence-electron chi connectivity index (χ1n) is 4.21. The van der Waals surface area contributed by atoms with Crippen LogP contribution in [0.25, 0.3) is 11.0 Å². The SMILES string of the molecule is O=C(O)Nc1nc2cc(F)cnc2cc1O. The zero-order valence-electron chi connectivity index (χ0n) is 7.81. The number of aromatic nitrogens is 2. The number of aromatic hydroxyl groups is 1. The number of amides is 1. The number of rotatable bonds is 1. The predicted molar refractivity (Wildman–Crippen MR) is 52.8 cm³/mol. The molecule has 6 nitrogen and oxygen atoms in total. The Morgan fingerprint density at radius 3 is 2.81 bits per heavy atom. The van der Waals surface area contributed by atoms with E-state index in [4.69, 9.17) is 5.11 Å². The summed E-state index contributed by atoms with van der Waals surface area (Å²) in [6, 6.07) is 2.29. The van der Waals surface area contributed by atoms with Crippen molar-refractivity contribution in [2.24, 2.45) is 0 Å². The van der Waals surface area contributed by atoms with Crippen molar-refractivity contribution >= 4 is 22.9 Å². The second-order valence-corrected chi connectivity index (χ2v) is 2.98. The van der Waals surface area contributed by atoms with Crippen molar-refractivity contribution in [3.05, 3.63) is 24.1 Å². The fourth-order valence-corrected chi connectivity index (χ4v) is 1.21. The van der Waals surface area contributed by atoms with Gasteiger partial charge >= 0.3 is 6.09 Å². The van der Waals surface area contributed by atoms with E-state index in [9.17, 15) is 14.3 Å². The van der Waals surface area contributed by atoms with E-state index in [1.54, 1.807) is 0 Å². The molecule has 2 aromatic rings. The lowest BCUT2D eigenvalue weighted by Gasteiger charge is -2.04. The fourth-order valence-electron chi connectivity index (χ4n) is 1.21. The van der Waals surface area contributed by atoms with Crippen molar-refractivity contribution in [3.8, 4) is 5.75 Å². The first-order valence-corrected chi connectivity index (χ1v) is 4.21. The molecule has 0 aromatic carbocycles. The van der Waals surface area contributed by atoms with Crippen LogP contribution in [0.4, 0.5) is 15.0 Å². The van der Waals surface area contributed by atoms with Crippen LogP contribution in [0.1, 0.15) is 0 Å². The van der Waals surface area contributed by atoms with Crippen molar-refractivity contribution in [3.63, 3.8) is 0 Å². The molecule has 2 aromatic heterocycles. The van der Waals surface area contributed by atoms with Crippen LogP contribution in [0, 0.1) is 5.82 Å². The van der Waals surface area contributed by atoms with E-state index < -0.39 is 11.9 Å². The minimum Gasteiger partial charge on any atom is -0.504 e. The van der Waals surface area contributed by atoms with E-state index in [2.05, 4.69) is 9.97 Å². The predicted octanol–water partition coefficient (Wildman–Crippen LogP) is 1.56. The highest BCUT2D eigenvalue weighted by Gasteiger charge is 2.09. The number of anilines is 1. The monoisotopic (exact) mass is 223 g/mol. The summed E-state index contributed by atoms with van der Waals surface area (Å²) >= 11 is 0. The highest BCUT2D eigenvalue weighted by Crippen LogP contribution is 2.24. The Labute approximate surface area is 88.4 Å². The zero-order valence-corrected chi connectivity index (χ0v) is 7.81. The number of carboxylic acid groups (broad SMARTS) is 1. The van der Waals surface area contributed by atoms with Crippen LogP contribution in [0.15, 0.2) is 18.3 Å². The summed E-state index contributed by atoms with van der Waals surface area (Å²) in [7, 11) is 0. The van der Waals surface area contributed by atoms with Gasteiger partial charge in [-0.3, -0.25) is 10.3 Å². The smallest absolute Gasteiger partial charge is 0.410 e. The Balaban J connectivity index is 2.59. The molecule has 0 bridgehead atoms. The summed E-state index contributed by atoms with van der Waals surface area (Å²) in [5.41, 5.74) is 0.427. The van der Waals surface area contributed by atoms with Gasteiger partial charge in [-0.15, -0.1) is 0 Å². The molecule has 0 radical (unpaired) electrons. The second kappa shape index (κ2) is 3.61. The Kier molecular flexibility index (Phi) is 2.28. The van der Waals surface area contributed by atoms with Crippen molar-refractivity contribution in [2.75, 3.05) is 5.32 Å². The average Bonchev–Trinajstić information content (AvgIpc) is 2.19. The number of fused-ring (bicyclic) bond motifs is 1. The number of hydrogen-bond donors (Lipinski definition) is 3. The molecule has 0 fully saturated rings. The molecular weight excluding hydrogens is 217 g/mol. The number of carbonyl (C=O) groups is 1. The van der Waals surface area contributed by atoms with Crippen LogP contribution in [-0.2, 0) is 0 Å². The molecule has 2 heterocycles. The molecular formula is C9H6FN3O3. The van der Waals surface area contributed by atoms with E-state index in [0.717, 1.165) is 12.3 Å². The van der Waals surface area contributed by atoms with Gasteiger partial charge < -0.3 is 10.2 Å². The summed E-state index contributed by atoms with van der Waals surface area (Å²) in [6.45, 7) is 0. The van der Waals surface area contributed by atoms with E-state index in [-0.39, 0.29) is 22.6 Å². The van der Waals surface area contributed by atoms with Gasteiger partial charge in [-0.1, -0.05) is 0 Å². The second-order valence-electron chi connectivity index (χ2n) is 2.98. The topological polar surface area (TPSA) is 95.3 Å². The lowest BCUT2D eigenvalue weighted by molar-refractivity contribution is 0.209. The normalized spacial score (nSPS) is 10.3. The van der Waals surface area contributed by atoms with Gasteiger partial charge in [0.1, 0.15) is 5.82 Å². The Bertz CT molecular complexity index is 573. The van der Waals surface area contributed by atoms with Gasteiger partial charge in [-0.05, 0) is 0 Å². The molecule has 3 N–H and O–H groups in total. The lowest BCUT2D eigenvalue weighted by atomic mass is 10.3. The van der Waals surface area contributed by atoms with Crippen LogP contribution < -0.4 is 5.32 Å². The molecule has 0 spiro atoms. The first kappa shape index (κ1) is 10.1. The molecule has 7 heteroatoms. The number of nitrogens with zero attached hydrogens (tertiary/aromatic N) is 2. The minimum atomic E-state index is -1.37. The van der Waals surface area contributed by atoms with Crippen LogP contribution in [0.3, 0.4) is 0 Å². The molecule has 82 valence electrons. The average molecular weight is 223 g/mol. The molecule has 0 unspecified atom stereocenters. The number of nitrogens with one attached hydrogen (secondary N) is 1. The lowest BCUT2D eigenvalue weighted by Crippen LogP contribution is -2.09. The maximum atomic E-state index is 12.8. The van der Waals surface area contributed by atoms with Crippen molar-refractivity contribution < 1.29 is 19.4 Å². The van der Waals surface area contributed by atoms with Gasteiger partial charge in [0.15, 0.2) is 11.6 Å². The summed E-state index contributed by atoms with van der Waals surface area (Å²) in [5.74, 6) is -1.21. The van der Waals surface area contributed by atoms with E-state index >= 15 is 0 Å². The first-order chi connectivity index (χ1) is 7.56. The summed E-state index contributed by atoms with van der Waals surface area (Å²) < 4.78 is 12.8. The van der Waals surface area contributed by atoms with Crippen molar-refractivity contribution in [2.45, 2.75) is 0 Å². The maximum Gasteiger partial charge on any atom is 0.410 e. The number of halogens is 1. The van der Waals surface area contributed by atoms with Gasteiger partial charge in [0.05, 0.1) is 17.2 Å². The summed E-state index contributed by atoms with van der Waals surface area (Å²) in [4.78, 5) is 17.8. The van der Waals surface area contributed by atoms with Gasteiger partial charge in [-0.25, -0.2) is 14.2 Å². The van der Waals surface area contributed by atoms with Gasteiger partial charge in [0.25, 0.3) is 0 Å². The highest BCUT2D eigenvalue weighted by atomic mass is 19.1. The molecule has 0 atom stereocenters. The van der Waals surface area contributed by atoms with Crippen molar-refractivity contribution in [1.29, 1.82) is 0 Å². The van der Waals surface area contributed by atoms with Gasteiger partial charge in [0.2, 0.25) is 0 Å². The summed E-state index contributed by atoms with van der Waals surface area (Å²) in [6.07, 6.45) is -0.389. The molecule has 0 saturated heterocycles. The molecule has 0 aliphatic rings. The zero-order chi connectivity index (χ0) is 11.7. The Morgan fingerprint density at radius 2 is 2.12 bits per heavy atom. The quantitative estimate of drug-likeness (QED) is 0.681. The minimum absolute atomic E-state index is 0.154. The molecule has 0 saturated carbocycles.